The highest BCUT2D eigenvalue weighted by Crippen LogP contribution is 2.09. The summed E-state index contributed by atoms with van der Waals surface area (Å²) in [7, 11) is 0. The lowest BCUT2D eigenvalue weighted by Gasteiger charge is -2.25. The first-order valence-electron chi connectivity index (χ1n) is 5.26. The van der Waals surface area contributed by atoms with Crippen LogP contribution in [0.5, 0.6) is 0 Å². The first-order valence-corrected chi connectivity index (χ1v) is 5.26. The normalized spacial score (nSPS) is 15.9. The molecule has 14 heavy (non-hydrogen) atoms. The van der Waals surface area contributed by atoms with Crippen molar-refractivity contribution in [3.63, 3.8) is 0 Å². The van der Waals surface area contributed by atoms with Gasteiger partial charge in [-0.05, 0) is 25.7 Å². The van der Waals surface area contributed by atoms with E-state index in [1.54, 1.807) is 0 Å². The molecule has 84 valence electrons. The van der Waals surface area contributed by atoms with Crippen molar-refractivity contribution < 1.29 is 9.53 Å². The summed E-state index contributed by atoms with van der Waals surface area (Å²) in [5.74, 6) is 0. The molecule has 1 aliphatic heterocycles. The Morgan fingerprint density at radius 3 is 2.50 bits per heavy atom. The highest BCUT2D eigenvalue weighted by atomic mass is 35.5. The van der Waals surface area contributed by atoms with Gasteiger partial charge < -0.3 is 9.64 Å². The minimum atomic E-state index is -0.117. The number of rotatable bonds is 3. The molecule has 1 saturated heterocycles. The quantitative estimate of drug-likeness (QED) is 0.686. The fourth-order valence-electron chi connectivity index (χ4n) is 1.47. The average Bonchev–Trinajstić information content (AvgIpc) is 2.19. The number of carbonyl (C=O) groups is 1. The summed E-state index contributed by atoms with van der Waals surface area (Å²) in [5, 5.41) is 0. The fraction of sp³-hybridized carbons (Fsp3) is 0.900. The van der Waals surface area contributed by atoms with Crippen molar-refractivity contribution in [2.24, 2.45) is 0 Å². The lowest BCUT2D eigenvalue weighted by Crippen LogP contribution is -2.36. The van der Waals surface area contributed by atoms with Gasteiger partial charge in [0.25, 0.3) is 0 Å². The van der Waals surface area contributed by atoms with E-state index in [9.17, 15) is 4.79 Å². The standard InChI is InChI=1S/C10H19NO2.ClH/c1-2-3-9-13-10(12)11-7-5-4-6-8-11;/h2-9H2,1H3;1H. The van der Waals surface area contributed by atoms with Crippen LogP contribution in [-0.2, 0) is 4.74 Å². The molecule has 0 radical (unpaired) electrons. The minimum Gasteiger partial charge on any atom is -0.449 e. The van der Waals surface area contributed by atoms with Crippen LogP contribution in [0.15, 0.2) is 0 Å². The Kier molecular flexibility index (Phi) is 7.67. The third-order valence-corrected chi connectivity index (χ3v) is 2.34. The largest absolute Gasteiger partial charge is 0.449 e. The summed E-state index contributed by atoms with van der Waals surface area (Å²) in [5.41, 5.74) is 0. The summed E-state index contributed by atoms with van der Waals surface area (Å²) in [6.45, 7) is 4.43. The van der Waals surface area contributed by atoms with Gasteiger partial charge in [-0.1, -0.05) is 13.3 Å². The van der Waals surface area contributed by atoms with Gasteiger partial charge in [-0.15, -0.1) is 12.4 Å². The first-order chi connectivity index (χ1) is 6.34. The molecule has 0 bridgehead atoms. The number of ether oxygens (including phenoxy) is 1. The molecule has 0 aromatic carbocycles. The zero-order valence-corrected chi connectivity index (χ0v) is 9.65. The van der Waals surface area contributed by atoms with Crippen LogP contribution in [0.2, 0.25) is 0 Å². The fourth-order valence-corrected chi connectivity index (χ4v) is 1.47. The molecule has 4 heteroatoms. The number of carbonyl (C=O) groups excluding carboxylic acids is 1. The Labute approximate surface area is 92.2 Å². The van der Waals surface area contributed by atoms with E-state index in [1.165, 1.54) is 6.42 Å². The Morgan fingerprint density at radius 2 is 1.93 bits per heavy atom. The highest BCUT2D eigenvalue weighted by molar-refractivity contribution is 5.85. The van der Waals surface area contributed by atoms with E-state index < -0.39 is 0 Å². The third-order valence-electron chi connectivity index (χ3n) is 2.34. The van der Waals surface area contributed by atoms with E-state index in [2.05, 4.69) is 6.92 Å². The minimum absolute atomic E-state index is 0. The number of halogens is 1. The predicted molar refractivity (Wildman–Crippen MR) is 58.9 cm³/mol. The van der Waals surface area contributed by atoms with Gasteiger partial charge in [-0.25, -0.2) is 4.79 Å². The average molecular weight is 222 g/mol. The second kappa shape index (κ2) is 7.92. The van der Waals surface area contributed by atoms with Gasteiger partial charge in [-0.3, -0.25) is 0 Å². The van der Waals surface area contributed by atoms with Gasteiger partial charge in [0.1, 0.15) is 0 Å². The van der Waals surface area contributed by atoms with Crippen LogP contribution in [0, 0.1) is 0 Å². The van der Waals surface area contributed by atoms with Crippen LogP contribution in [-0.4, -0.2) is 30.7 Å². The van der Waals surface area contributed by atoms with Crippen LogP contribution in [0.25, 0.3) is 0 Å². The zero-order valence-electron chi connectivity index (χ0n) is 8.83. The molecule has 0 spiro atoms. The van der Waals surface area contributed by atoms with Crippen molar-refractivity contribution in [2.75, 3.05) is 19.7 Å². The molecule has 1 rings (SSSR count). The third kappa shape index (κ3) is 4.70. The Bertz CT molecular complexity index is 158. The Balaban J connectivity index is 0.00000169. The van der Waals surface area contributed by atoms with Gasteiger partial charge in [-0.2, -0.15) is 0 Å². The molecule has 1 amide bonds. The van der Waals surface area contributed by atoms with E-state index in [1.807, 2.05) is 4.90 Å². The van der Waals surface area contributed by atoms with E-state index in [4.69, 9.17) is 4.74 Å². The lowest BCUT2D eigenvalue weighted by molar-refractivity contribution is 0.0941. The lowest BCUT2D eigenvalue weighted by atomic mass is 10.1. The topological polar surface area (TPSA) is 29.5 Å². The van der Waals surface area contributed by atoms with Crippen LogP contribution in [0.3, 0.4) is 0 Å². The van der Waals surface area contributed by atoms with E-state index in [-0.39, 0.29) is 18.5 Å². The molecule has 0 atom stereocenters. The van der Waals surface area contributed by atoms with Crippen molar-refractivity contribution in [1.82, 2.24) is 4.90 Å². The van der Waals surface area contributed by atoms with E-state index in [0.717, 1.165) is 38.8 Å². The Hall–Kier alpha value is -0.440. The number of amides is 1. The van der Waals surface area contributed by atoms with Crippen molar-refractivity contribution in [3.05, 3.63) is 0 Å². The van der Waals surface area contributed by atoms with E-state index in [0.29, 0.717) is 6.61 Å². The molecule has 1 heterocycles. The Morgan fingerprint density at radius 1 is 1.29 bits per heavy atom. The molecule has 1 aliphatic rings. The van der Waals surface area contributed by atoms with Gasteiger partial charge in [0.15, 0.2) is 0 Å². The van der Waals surface area contributed by atoms with Crippen molar-refractivity contribution in [2.45, 2.75) is 39.0 Å². The maximum Gasteiger partial charge on any atom is 0.409 e. The predicted octanol–water partition coefficient (Wildman–Crippen LogP) is 2.83. The van der Waals surface area contributed by atoms with Gasteiger partial charge in [0.2, 0.25) is 0 Å². The van der Waals surface area contributed by atoms with Gasteiger partial charge >= 0.3 is 6.09 Å². The summed E-state index contributed by atoms with van der Waals surface area (Å²) in [4.78, 5) is 13.2. The summed E-state index contributed by atoms with van der Waals surface area (Å²) >= 11 is 0. The molecule has 0 unspecified atom stereocenters. The number of piperidine rings is 1. The van der Waals surface area contributed by atoms with E-state index >= 15 is 0 Å². The van der Waals surface area contributed by atoms with Crippen LogP contribution >= 0.6 is 12.4 Å². The molecule has 0 aromatic rings. The summed E-state index contributed by atoms with van der Waals surface area (Å²) in [6, 6.07) is 0. The smallest absolute Gasteiger partial charge is 0.409 e. The molecular weight excluding hydrogens is 202 g/mol. The van der Waals surface area contributed by atoms with Gasteiger partial charge in [0, 0.05) is 13.1 Å². The maximum atomic E-state index is 11.4. The number of hydrogen-bond acceptors (Lipinski definition) is 2. The second-order valence-electron chi connectivity index (χ2n) is 3.52. The molecule has 0 saturated carbocycles. The molecule has 1 fully saturated rings. The molecule has 0 aromatic heterocycles. The van der Waals surface area contributed by atoms with Crippen LogP contribution < -0.4 is 0 Å². The highest BCUT2D eigenvalue weighted by Gasteiger charge is 2.16. The zero-order chi connectivity index (χ0) is 9.52. The second-order valence-corrected chi connectivity index (χ2v) is 3.52. The van der Waals surface area contributed by atoms with Crippen molar-refractivity contribution >= 4 is 18.5 Å². The molecule has 0 N–H and O–H groups in total. The number of unbranched alkanes of at least 4 members (excludes halogenated alkanes) is 1. The monoisotopic (exact) mass is 221 g/mol. The SMILES string of the molecule is CCCCOC(=O)N1CCCCC1.Cl. The van der Waals surface area contributed by atoms with Crippen LogP contribution in [0.4, 0.5) is 4.79 Å². The summed E-state index contributed by atoms with van der Waals surface area (Å²) < 4.78 is 5.11. The summed E-state index contributed by atoms with van der Waals surface area (Å²) in [6.07, 6.45) is 5.44. The van der Waals surface area contributed by atoms with Crippen molar-refractivity contribution in [3.8, 4) is 0 Å². The number of nitrogens with zero attached hydrogens (tertiary/aromatic N) is 1. The molecular formula is C10H20ClNO2. The number of hydrogen-bond donors (Lipinski definition) is 0. The molecule has 0 aliphatic carbocycles. The molecule has 3 nitrogen and oxygen atoms in total. The maximum absolute atomic E-state index is 11.4. The van der Waals surface area contributed by atoms with Crippen LogP contribution in [0.1, 0.15) is 39.0 Å². The van der Waals surface area contributed by atoms with Crippen molar-refractivity contribution in [1.29, 1.82) is 0 Å². The first kappa shape index (κ1) is 13.6. The number of likely N-dealkylation sites (tertiary alicyclic amines) is 1. The van der Waals surface area contributed by atoms with Gasteiger partial charge in [0.05, 0.1) is 6.61 Å².